The number of para-hydroxylation sites is 3. The first kappa shape index (κ1) is 59.4. The molecule has 13 nitrogen and oxygen atoms in total. The van der Waals surface area contributed by atoms with Crippen molar-refractivity contribution in [3.8, 4) is 45.2 Å². The second kappa shape index (κ2) is 25.0. The lowest BCUT2D eigenvalue weighted by atomic mass is 9.94. The predicted octanol–water partition coefficient (Wildman–Crippen LogP) is 21.8. The van der Waals surface area contributed by atoms with Gasteiger partial charge < -0.3 is 30.9 Å². The van der Waals surface area contributed by atoms with Gasteiger partial charge in [-0.2, -0.15) is 0 Å². The molecule has 0 aliphatic rings. The Bertz CT molecular complexity index is 7020. The van der Waals surface area contributed by atoms with Crippen molar-refractivity contribution in [1.82, 2.24) is 9.97 Å². The van der Waals surface area contributed by atoms with Gasteiger partial charge in [-0.15, -0.1) is 0 Å². The molecule has 1 unspecified atom stereocenters. The van der Waals surface area contributed by atoms with Gasteiger partial charge in [0.05, 0.1) is 46.1 Å². The molecule has 12 aromatic heterocycles. The maximum absolute atomic E-state index is 8.51. The van der Waals surface area contributed by atoms with Crippen LogP contribution in [0.3, 0.4) is 0 Å². The number of hydrogen-bond acceptors (Lipinski definition) is 9. The van der Waals surface area contributed by atoms with Gasteiger partial charge in [0, 0.05) is 104 Å². The van der Waals surface area contributed by atoms with Crippen molar-refractivity contribution in [3.05, 3.63) is 264 Å². The molecule has 0 radical (unpaired) electrons. The van der Waals surface area contributed by atoms with Crippen molar-refractivity contribution in [2.24, 2.45) is 28.2 Å². The van der Waals surface area contributed by atoms with Crippen molar-refractivity contribution in [3.63, 3.8) is 0 Å². The van der Waals surface area contributed by atoms with Gasteiger partial charge in [0.2, 0.25) is 22.8 Å². The minimum atomic E-state index is -2.45. The Hall–Kier alpha value is -12.5. The van der Waals surface area contributed by atoms with Crippen molar-refractivity contribution in [1.29, 1.82) is 0 Å². The van der Waals surface area contributed by atoms with E-state index in [0.29, 0.717) is 34.2 Å². The van der Waals surface area contributed by atoms with E-state index in [0.717, 1.165) is 155 Å². The number of benzene rings is 8. The first-order valence-electron chi connectivity index (χ1n) is 36.5. The largest absolute Gasteiger partial charge is 0.437 e. The van der Waals surface area contributed by atoms with E-state index in [1.807, 2.05) is 137 Å². The number of aromatic nitrogens is 6. The van der Waals surface area contributed by atoms with Gasteiger partial charge in [0.25, 0.3) is 17.3 Å². The molecule has 1 atom stereocenters. The molecule has 0 amide bonds. The summed E-state index contributed by atoms with van der Waals surface area (Å²) in [6, 6.07) is 65.2. The summed E-state index contributed by atoms with van der Waals surface area (Å²) >= 11 is 0. The number of aryl methyl sites for hydroxylation is 11. The van der Waals surface area contributed by atoms with E-state index in [1.165, 1.54) is 39.9 Å². The zero-order chi connectivity index (χ0) is 74.2. The molecular weight excluding hydrogens is 1280 g/mol. The van der Waals surface area contributed by atoms with Gasteiger partial charge in [0.1, 0.15) is 43.5 Å². The topological polar surface area (TPSA) is 133 Å². The number of furan rings is 7. The minimum Gasteiger partial charge on any atom is -0.437 e. The number of nitrogens with zero attached hydrogens (tertiary/aromatic N) is 6. The second-order valence-corrected chi connectivity index (χ2v) is 27.1. The number of fused-ring (bicyclic) bond motifs is 20. The molecule has 504 valence electrons. The SMILES string of the molecule is Cc1cc[n+](C)c(-c2c(C)c3ccccc3c3c2oc2nc(C)ccc23)n1.Cc1cc[n+](C)c(-c2c(C)ccc3c2oc2oc4ccccc4c23)c1.Cc1ccc2c(oc3oc4ccccc4c32)c1-c1cccc[n+]1C.[2H]C([2H])([2H])C([2H])(C)c1cc[n+](C)c(-c2c(C)ccc3c2oc2oc4ccccc4c23)c1. The fourth-order valence-corrected chi connectivity index (χ4v) is 14.9. The summed E-state index contributed by atoms with van der Waals surface area (Å²) in [6.45, 7) is 13.5. The van der Waals surface area contributed by atoms with Crippen LogP contribution in [0.5, 0.6) is 0 Å². The van der Waals surface area contributed by atoms with Crippen LogP contribution >= 0.6 is 0 Å². The summed E-state index contributed by atoms with van der Waals surface area (Å²) in [5.41, 5.74) is 21.8. The van der Waals surface area contributed by atoms with E-state index in [2.05, 4.69) is 164 Å². The average Bonchev–Trinajstić information content (AvgIpc) is 1.61. The highest BCUT2D eigenvalue weighted by molar-refractivity contribution is 6.24. The second-order valence-electron chi connectivity index (χ2n) is 27.1. The molecule has 20 aromatic rings. The first-order chi connectivity index (χ1) is 51.5. The third-order valence-corrected chi connectivity index (χ3v) is 20.2. The van der Waals surface area contributed by atoms with Crippen molar-refractivity contribution in [2.45, 2.75) is 68.1 Å². The summed E-state index contributed by atoms with van der Waals surface area (Å²) < 4.78 is 82.9. The molecule has 0 aliphatic carbocycles. The highest BCUT2D eigenvalue weighted by atomic mass is 16.5. The highest BCUT2D eigenvalue weighted by Crippen LogP contribution is 2.46. The minimum absolute atomic E-state index is 0.428. The van der Waals surface area contributed by atoms with Crippen LogP contribution in [0.15, 0.2) is 250 Å². The Morgan fingerprint density at radius 3 is 1.33 bits per heavy atom. The van der Waals surface area contributed by atoms with Crippen molar-refractivity contribution in [2.75, 3.05) is 0 Å². The predicted molar refractivity (Wildman–Crippen MR) is 411 cm³/mol. The smallest absolute Gasteiger partial charge is 0.334 e. The van der Waals surface area contributed by atoms with Crippen molar-refractivity contribution < 1.29 is 54.7 Å². The average molecular weight is 1360 g/mol. The molecule has 0 saturated carbocycles. The lowest BCUT2D eigenvalue weighted by Crippen LogP contribution is -2.32. The molecule has 0 saturated heterocycles. The summed E-state index contributed by atoms with van der Waals surface area (Å²) in [5, 5.41) is 13.9. The number of rotatable bonds is 5. The van der Waals surface area contributed by atoms with E-state index in [1.54, 1.807) is 18.3 Å². The van der Waals surface area contributed by atoms with E-state index in [4.69, 9.17) is 41.4 Å². The van der Waals surface area contributed by atoms with E-state index in [-0.39, 0.29) is 0 Å². The monoisotopic (exact) mass is 1360 g/mol. The van der Waals surface area contributed by atoms with Crippen LogP contribution < -0.4 is 18.3 Å². The van der Waals surface area contributed by atoms with E-state index < -0.39 is 12.7 Å². The van der Waals surface area contributed by atoms with Gasteiger partial charge in [0.15, 0.2) is 46.6 Å². The molecule has 20 rings (SSSR count). The summed E-state index contributed by atoms with van der Waals surface area (Å²) in [6.07, 6.45) is 7.98. The Kier molecular flexibility index (Phi) is 14.4. The first-order valence-corrected chi connectivity index (χ1v) is 34.5. The Labute approximate surface area is 598 Å². The molecule has 0 spiro atoms. The van der Waals surface area contributed by atoms with Gasteiger partial charge >= 0.3 is 5.82 Å². The Morgan fingerprint density at radius 2 is 0.796 bits per heavy atom. The molecule has 0 N–H and O–H groups in total. The fourth-order valence-electron chi connectivity index (χ4n) is 14.9. The quantitative estimate of drug-likeness (QED) is 0.154. The molecule has 8 aromatic carbocycles. The molecule has 13 heteroatoms. The van der Waals surface area contributed by atoms with Gasteiger partial charge in [-0.1, -0.05) is 129 Å². The normalized spacial score (nSPS) is 13.1. The van der Waals surface area contributed by atoms with Crippen molar-refractivity contribution >= 4 is 132 Å². The summed E-state index contributed by atoms with van der Waals surface area (Å²) in [4.78, 5) is 9.46. The number of pyridine rings is 4. The zero-order valence-electron chi connectivity index (χ0n) is 63.3. The molecule has 103 heavy (non-hydrogen) atoms. The lowest BCUT2D eigenvalue weighted by Gasteiger charge is -2.09. The maximum Gasteiger partial charge on any atom is 0.334 e. The summed E-state index contributed by atoms with van der Waals surface area (Å²) in [5.74, 6) is 0.828. The lowest BCUT2D eigenvalue weighted by molar-refractivity contribution is -0.663. The van der Waals surface area contributed by atoms with Gasteiger partial charge in [-0.3, -0.25) is 0 Å². The Balaban J connectivity index is 0.000000105. The zero-order valence-corrected chi connectivity index (χ0v) is 59.3. The highest BCUT2D eigenvalue weighted by Gasteiger charge is 2.30. The molecule has 0 fully saturated rings. The standard InChI is InChI=1S/C24H22NO2.C23H20N3O.C22H18NO2.C21H16NO2/c1-14(2)16-11-12-25(4)19(13-16)21-15(3)9-10-18-22-17-7-5-6-8-20(17)26-24(22)27-23(18)21;1-13-9-10-18-20-17-8-6-5-7-16(17)15(3)19(21(20)27-23(18)25-13)22-24-14(2)11-12-26(22)4;1-13-10-11-23(3)17(12-13)19-14(2)8-9-16-20-15-6-4-5-7-18(15)24-22(20)25-21(16)19;1-13-10-11-15-19-14-7-3-4-9-17(14)23-21(19)24-20(15)18(13)16-8-5-6-12-22(16)2/h5-14H,1-4H3;5-12H,1-4H3;4-12H,1-3H3;3-12H,1-2H3/q4*+1/i1D3,14D;;;. The van der Waals surface area contributed by atoms with Crippen LogP contribution in [0.4, 0.5) is 0 Å². The van der Waals surface area contributed by atoms with Crippen LogP contribution in [0.25, 0.3) is 177 Å². The van der Waals surface area contributed by atoms with Crippen LogP contribution in [0.2, 0.25) is 0 Å². The molecule has 0 bridgehead atoms. The third kappa shape index (κ3) is 10.7. The van der Waals surface area contributed by atoms with E-state index >= 15 is 0 Å². The Morgan fingerprint density at radius 1 is 0.350 bits per heavy atom. The van der Waals surface area contributed by atoms with Crippen LogP contribution in [-0.2, 0) is 28.2 Å². The third-order valence-electron chi connectivity index (χ3n) is 20.2. The fraction of sp³-hybridized carbons (Fsp3) is 0.156. The molecule has 0 aliphatic heterocycles. The summed E-state index contributed by atoms with van der Waals surface area (Å²) in [7, 11) is 8.04. The van der Waals surface area contributed by atoms with Crippen LogP contribution in [0, 0.1) is 48.5 Å². The van der Waals surface area contributed by atoms with Crippen LogP contribution in [0.1, 0.15) is 69.9 Å². The molecule has 12 heterocycles. The number of hydrogen-bond donors (Lipinski definition) is 0. The van der Waals surface area contributed by atoms with Gasteiger partial charge in [-0.05, 0) is 133 Å². The molecular formula is C90H76N6O7+4. The van der Waals surface area contributed by atoms with Crippen LogP contribution in [-0.4, -0.2) is 9.97 Å². The maximum atomic E-state index is 8.51. The van der Waals surface area contributed by atoms with Gasteiger partial charge in [-0.25, -0.2) is 23.3 Å². The van der Waals surface area contributed by atoms with E-state index in [9.17, 15) is 0 Å².